The van der Waals surface area contributed by atoms with E-state index in [2.05, 4.69) is 0 Å². The molecule has 0 unspecified atom stereocenters. The molecule has 0 aliphatic carbocycles. The van der Waals surface area contributed by atoms with Crippen LogP contribution in [0.25, 0.3) is 0 Å². The van der Waals surface area contributed by atoms with Gasteiger partial charge in [0.2, 0.25) is 5.91 Å². The molecule has 0 aromatic heterocycles. The number of aliphatic hydroxyl groups excluding tert-OH is 1. The quantitative estimate of drug-likeness (QED) is 0.715. The van der Waals surface area contributed by atoms with Crippen molar-refractivity contribution in [2.45, 2.75) is 25.7 Å². The average Bonchev–Trinajstić information content (AvgIpc) is 2.55. The minimum Gasteiger partial charge on any atom is -0.480 e. The highest BCUT2D eigenvalue weighted by Crippen LogP contribution is 2.45. The molecule has 0 radical (unpaired) electrons. The third kappa shape index (κ3) is 4.43. The lowest BCUT2D eigenvalue weighted by atomic mass is 9.64. The van der Waals surface area contributed by atoms with E-state index < -0.39 is 5.97 Å². The zero-order valence-corrected chi connectivity index (χ0v) is 13.9. The smallest absolute Gasteiger partial charge is 0.317 e. The van der Waals surface area contributed by atoms with E-state index in [0.717, 1.165) is 38.9 Å². The third-order valence-electron chi connectivity index (χ3n) is 5.49. The van der Waals surface area contributed by atoms with Gasteiger partial charge in [-0.1, -0.05) is 0 Å². The zero-order chi connectivity index (χ0) is 16.9. The first-order valence-electron chi connectivity index (χ1n) is 8.32. The Bertz CT molecular complexity index is 421. The summed E-state index contributed by atoms with van der Waals surface area (Å²) in [7, 11) is 1.58. The maximum absolute atomic E-state index is 12.2. The molecule has 2 saturated heterocycles. The van der Waals surface area contributed by atoms with Crippen LogP contribution in [0.15, 0.2) is 0 Å². The van der Waals surface area contributed by atoms with E-state index in [-0.39, 0.29) is 30.4 Å². The molecule has 2 N–H and O–H groups in total. The molecule has 2 heterocycles. The number of nitrogens with zero attached hydrogens (tertiary/aromatic N) is 2. The Hall–Kier alpha value is -1.18. The number of carboxylic acids is 1. The fourth-order valence-corrected chi connectivity index (χ4v) is 3.94. The maximum atomic E-state index is 12.2. The number of carbonyl (C=O) groups excluding carboxylic acids is 1. The first-order valence-corrected chi connectivity index (χ1v) is 8.32. The minimum absolute atomic E-state index is 0.0434. The minimum atomic E-state index is -0.793. The van der Waals surface area contributed by atoms with Crippen LogP contribution in [-0.4, -0.2) is 84.9 Å². The highest BCUT2D eigenvalue weighted by Gasteiger charge is 2.45. The number of aliphatic carboxylic acids is 1. The van der Waals surface area contributed by atoms with Gasteiger partial charge in [-0.05, 0) is 37.8 Å². The van der Waals surface area contributed by atoms with Gasteiger partial charge in [-0.15, -0.1) is 0 Å². The van der Waals surface area contributed by atoms with Crippen LogP contribution >= 0.6 is 0 Å². The van der Waals surface area contributed by atoms with Gasteiger partial charge in [-0.2, -0.15) is 0 Å². The van der Waals surface area contributed by atoms with Gasteiger partial charge in [0.25, 0.3) is 0 Å². The molecule has 1 spiro atoms. The predicted octanol–water partition coefficient (Wildman–Crippen LogP) is 0.0305. The van der Waals surface area contributed by atoms with Crippen molar-refractivity contribution in [2.24, 2.45) is 11.3 Å². The highest BCUT2D eigenvalue weighted by atomic mass is 16.5. The topological polar surface area (TPSA) is 90.3 Å². The van der Waals surface area contributed by atoms with Crippen molar-refractivity contribution in [3.63, 3.8) is 0 Å². The molecule has 132 valence electrons. The Kier molecular flexibility index (Phi) is 6.38. The van der Waals surface area contributed by atoms with Gasteiger partial charge in [0.1, 0.15) is 0 Å². The van der Waals surface area contributed by atoms with Gasteiger partial charge in [0.15, 0.2) is 0 Å². The maximum Gasteiger partial charge on any atom is 0.317 e. The monoisotopic (exact) mass is 328 g/mol. The Morgan fingerprint density at radius 1 is 1.22 bits per heavy atom. The summed E-state index contributed by atoms with van der Waals surface area (Å²) in [6.45, 7) is 3.40. The van der Waals surface area contributed by atoms with Gasteiger partial charge in [0.05, 0.1) is 19.6 Å². The number of ether oxygens (including phenoxy) is 1. The first-order chi connectivity index (χ1) is 11.0. The fraction of sp³-hybridized carbons (Fsp3) is 0.875. The van der Waals surface area contributed by atoms with Gasteiger partial charge in [0, 0.05) is 32.7 Å². The van der Waals surface area contributed by atoms with Crippen molar-refractivity contribution in [1.29, 1.82) is 0 Å². The molecule has 1 amide bonds. The molecule has 0 aromatic rings. The number of amides is 1. The fourth-order valence-electron chi connectivity index (χ4n) is 3.94. The molecular weight excluding hydrogens is 300 g/mol. The molecule has 23 heavy (non-hydrogen) atoms. The molecule has 2 rings (SSSR count). The molecule has 1 atom stereocenters. The van der Waals surface area contributed by atoms with E-state index in [9.17, 15) is 14.7 Å². The number of likely N-dealkylation sites (tertiary alicyclic amines) is 2. The van der Waals surface area contributed by atoms with E-state index in [0.29, 0.717) is 19.6 Å². The molecule has 0 aromatic carbocycles. The zero-order valence-electron chi connectivity index (χ0n) is 13.9. The van der Waals surface area contributed by atoms with Gasteiger partial charge >= 0.3 is 5.97 Å². The van der Waals surface area contributed by atoms with Crippen LogP contribution in [-0.2, 0) is 14.3 Å². The number of methoxy groups -OCH3 is 1. The molecule has 0 bridgehead atoms. The number of hydrogen-bond donors (Lipinski definition) is 2. The van der Waals surface area contributed by atoms with Crippen LogP contribution < -0.4 is 0 Å². The van der Waals surface area contributed by atoms with Crippen LogP contribution in [0, 0.1) is 11.3 Å². The lowest BCUT2D eigenvalue weighted by Gasteiger charge is -2.51. The van der Waals surface area contributed by atoms with E-state index in [4.69, 9.17) is 9.84 Å². The standard InChI is InChI=1S/C16H28N2O5/c1-23-9-2-14(20)18-8-5-16(13(10-18)12-19)3-6-17(7-4-16)11-15(21)22/h13,19H,2-12H2,1H3,(H,21,22)/t13-/m1/s1. The van der Waals surface area contributed by atoms with Crippen LogP contribution in [0.4, 0.5) is 0 Å². The second-order valence-electron chi connectivity index (χ2n) is 6.74. The summed E-state index contributed by atoms with van der Waals surface area (Å²) < 4.78 is 4.96. The van der Waals surface area contributed by atoms with Crippen molar-refractivity contribution < 1.29 is 24.5 Å². The lowest BCUT2D eigenvalue weighted by molar-refractivity contribution is -0.142. The number of rotatable bonds is 6. The lowest BCUT2D eigenvalue weighted by Crippen LogP contribution is -2.55. The summed E-state index contributed by atoms with van der Waals surface area (Å²) in [5.41, 5.74) is 0.0434. The third-order valence-corrected chi connectivity index (χ3v) is 5.49. The molecule has 2 aliphatic rings. The van der Waals surface area contributed by atoms with E-state index >= 15 is 0 Å². The summed E-state index contributed by atoms with van der Waals surface area (Å²) >= 11 is 0. The number of hydrogen-bond acceptors (Lipinski definition) is 5. The summed E-state index contributed by atoms with van der Waals surface area (Å²) in [5, 5.41) is 18.7. The SMILES string of the molecule is COCCC(=O)N1CCC2(CCN(CC(=O)O)CC2)[C@@H](CO)C1. The Morgan fingerprint density at radius 2 is 1.87 bits per heavy atom. The van der Waals surface area contributed by atoms with Crippen LogP contribution in [0.3, 0.4) is 0 Å². The molecule has 0 saturated carbocycles. The van der Waals surface area contributed by atoms with Crippen LogP contribution in [0.2, 0.25) is 0 Å². The van der Waals surface area contributed by atoms with Crippen LogP contribution in [0.1, 0.15) is 25.7 Å². The summed E-state index contributed by atoms with van der Waals surface area (Å²) in [6.07, 6.45) is 3.06. The van der Waals surface area contributed by atoms with E-state index in [1.807, 2.05) is 9.80 Å². The molecule has 2 aliphatic heterocycles. The second-order valence-corrected chi connectivity index (χ2v) is 6.74. The Morgan fingerprint density at radius 3 is 2.43 bits per heavy atom. The van der Waals surface area contributed by atoms with Crippen LogP contribution in [0.5, 0.6) is 0 Å². The van der Waals surface area contributed by atoms with Crippen molar-refractivity contribution >= 4 is 11.9 Å². The molecule has 7 nitrogen and oxygen atoms in total. The summed E-state index contributed by atoms with van der Waals surface area (Å²) in [6, 6.07) is 0. The highest BCUT2D eigenvalue weighted by molar-refractivity contribution is 5.76. The normalized spacial score (nSPS) is 24.8. The predicted molar refractivity (Wildman–Crippen MR) is 84.0 cm³/mol. The van der Waals surface area contributed by atoms with Crippen molar-refractivity contribution in [1.82, 2.24) is 9.80 Å². The Balaban J connectivity index is 1.92. The second kappa shape index (κ2) is 8.08. The first kappa shape index (κ1) is 18.2. The number of carbonyl (C=O) groups is 2. The largest absolute Gasteiger partial charge is 0.480 e. The van der Waals surface area contributed by atoms with Gasteiger partial charge in [-0.3, -0.25) is 14.5 Å². The van der Waals surface area contributed by atoms with E-state index in [1.165, 1.54) is 0 Å². The summed E-state index contributed by atoms with van der Waals surface area (Å²) in [4.78, 5) is 26.8. The van der Waals surface area contributed by atoms with E-state index in [1.54, 1.807) is 7.11 Å². The van der Waals surface area contributed by atoms with Gasteiger partial charge in [-0.25, -0.2) is 0 Å². The molecule has 7 heteroatoms. The van der Waals surface area contributed by atoms with Crippen molar-refractivity contribution in [3.8, 4) is 0 Å². The summed E-state index contributed by atoms with van der Waals surface area (Å²) in [5.74, 6) is -0.628. The number of piperidine rings is 2. The van der Waals surface area contributed by atoms with Gasteiger partial charge < -0.3 is 19.8 Å². The average molecular weight is 328 g/mol. The molecule has 2 fully saturated rings. The van der Waals surface area contributed by atoms with Crippen molar-refractivity contribution in [3.05, 3.63) is 0 Å². The number of aliphatic hydroxyl groups is 1. The molecular formula is C16H28N2O5. The Labute approximate surface area is 137 Å². The van der Waals surface area contributed by atoms with Crippen molar-refractivity contribution in [2.75, 3.05) is 53.0 Å². The number of carboxylic acid groups (broad SMARTS) is 1.